The van der Waals surface area contributed by atoms with Gasteiger partial charge in [-0.15, -0.1) is 0 Å². The SMILES string of the molecule is CC(=O)NC1CN(C(=O)N[C@@H]2c3cc(C)ccc3C[C@@H]2C)C1. The minimum atomic E-state index is -0.0427. The summed E-state index contributed by atoms with van der Waals surface area (Å²) in [5.74, 6) is 0.368. The van der Waals surface area contributed by atoms with Crippen LogP contribution in [-0.2, 0) is 11.2 Å². The Labute approximate surface area is 131 Å². The summed E-state index contributed by atoms with van der Waals surface area (Å²) in [6, 6.07) is 6.63. The minimum absolute atomic E-state index is 0.0344. The summed E-state index contributed by atoms with van der Waals surface area (Å²) in [6.45, 7) is 6.94. The number of hydrogen-bond acceptors (Lipinski definition) is 2. The van der Waals surface area contributed by atoms with Gasteiger partial charge in [-0.1, -0.05) is 30.7 Å². The van der Waals surface area contributed by atoms with E-state index < -0.39 is 0 Å². The molecule has 2 atom stereocenters. The van der Waals surface area contributed by atoms with Crippen LogP contribution in [0.5, 0.6) is 0 Å². The number of nitrogens with one attached hydrogen (secondary N) is 2. The fourth-order valence-electron chi connectivity index (χ4n) is 3.43. The third-order valence-corrected chi connectivity index (χ3v) is 4.60. The first-order valence-corrected chi connectivity index (χ1v) is 7.86. The number of carbonyl (C=O) groups is 2. The molecule has 0 radical (unpaired) electrons. The van der Waals surface area contributed by atoms with Crippen LogP contribution in [0.2, 0.25) is 0 Å². The lowest BCUT2D eigenvalue weighted by atomic mass is 10.0. The van der Waals surface area contributed by atoms with Crippen molar-refractivity contribution in [1.29, 1.82) is 0 Å². The fourth-order valence-corrected chi connectivity index (χ4v) is 3.43. The molecule has 3 amide bonds. The minimum Gasteiger partial charge on any atom is -0.350 e. The van der Waals surface area contributed by atoms with Gasteiger partial charge in [-0.25, -0.2) is 4.79 Å². The molecule has 0 spiro atoms. The van der Waals surface area contributed by atoms with Gasteiger partial charge in [-0.2, -0.15) is 0 Å². The zero-order valence-electron chi connectivity index (χ0n) is 13.3. The van der Waals surface area contributed by atoms with Gasteiger partial charge in [0.25, 0.3) is 0 Å². The molecular formula is C17H23N3O2. The summed E-state index contributed by atoms with van der Waals surface area (Å²) in [6.07, 6.45) is 1.01. The number of fused-ring (bicyclic) bond motifs is 1. The van der Waals surface area contributed by atoms with Crippen molar-refractivity contribution in [3.63, 3.8) is 0 Å². The predicted molar refractivity (Wildman–Crippen MR) is 84.5 cm³/mol. The van der Waals surface area contributed by atoms with Gasteiger partial charge in [0.2, 0.25) is 5.91 Å². The van der Waals surface area contributed by atoms with Gasteiger partial charge in [-0.3, -0.25) is 4.79 Å². The van der Waals surface area contributed by atoms with Crippen LogP contribution < -0.4 is 10.6 Å². The van der Waals surface area contributed by atoms with Crippen LogP contribution in [0.25, 0.3) is 0 Å². The molecule has 22 heavy (non-hydrogen) atoms. The lowest BCUT2D eigenvalue weighted by molar-refractivity contribution is -0.120. The van der Waals surface area contributed by atoms with Gasteiger partial charge in [0, 0.05) is 20.0 Å². The lowest BCUT2D eigenvalue weighted by Crippen LogP contribution is -2.62. The second kappa shape index (κ2) is 5.63. The van der Waals surface area contributed by atoms with E-state index in [0.717, 1.165) is 6.42 Å². The Bertz CT molecular complexity index is 608. The molecule has 1 aliphatic carbocycles. The van der Waals surface area contributed by atoms with E-state index in [1.807, 2.05) is 0 Å². The Morgan fingerprint density at radius 3 is 2.64 bits per heavy atom. The third-order valence-electron chi connectivity index (χ3n) is 4.60. The maximum absolute atomic E-state index is 12.4. The van der Waals surface area contributed by atoms with E-state index in [9.17, 15) is 9.59 Å². The van der Waals surface area contributed by atoms with Gasteiger partial charge in [0.05, 0.1) is 12.1 Å². The number of rotatable bonds is 2. The number of benzene rings is 1. The average molecular weight is 301 g/mol. The van der Waals surface area contributed by atoms with Gasteiger partial charge in [0.1, 0.15) is 0 Å². The molecule has 2 aliphatic rings. The summed E-state index contributed by atoms with van der Waals surface area (Å²) >= 11 is 0. The van der Waals surface area contributed by atoms with Crippen LogP contribution >= 0.6 is 0 Å². The largest absolute Gasteiger partial charge is 0.350 e. The van der Waals surface area contributed by atoms with Gasteiger partial charge in [0.15, 0.2) is 0 Å². The second-order valence-electron chi connectivity index (χ2n) is 6.61. The summed E-state index contributed by atoms with van der Waals surface area (Å²) in [7, 11) is 0. The number of amides is 3. The van der Waals surface area contributed by atoms with Crippen LogP contribution in [0.1, 0.15) is 36.6 Å². The number of likely N-dealkylation sites (tertiary alicyclic amines) is 1. The molecule has 1 heterocycles. The van der Waals surface area contributed by atoms with Crippen LogP contribution in [0.15, 0.2) is 18.2 Å². The monoisotopic (exact) mass is 301 g/mol. The van der Waals surface area contributed by atoms with Crippen molar-refractivity contribution in [2.24, 2.45) is 5.92 Å². The highest BCUT2D eigenvalue weighted by Crippen LogP contribution is 2.36. The molecule has 1 fully saturated rings. The molecule has 1 aliphatic heterocycles. The zero-order chi connectivity index (χ0) is 15.9. The molecule has 5 nitrogen and oxygen atoms in total. The average Bonchev–Trinajstić information content (AvgIpc) is 2.69. The van der Waals surface area contributed by atoms with E-state index in [1.54, 1.807) is 4.90 Å². The van der Waals surface area contributed by atoms with E-state index in [1.165, 1.54) is 23.6 Å². The molecular weight excluding hydrogens is 278 g/mol. The Morgan fingerprint density at radius 1 is 1.23 bits per heavy atom. The maximum atomic E-state index is 12.4. The summed E-state index contributed by atoms with van der Waals surface area (Å²) < 4.78 is 0. The van der Waals surface area contributed by atoms with E-state index in [0.29, 0.717) is 19.0 Å². The smallest absolute Gasteiger partial charge is 0.318 e. The van der Waals surface area contributed by atoms with Gasteiger partial charge >= 0.3 is 6.03 Å². The number of hydrogen-bond donors (Lipinski definition) is 2. The molecule has 0 saturated carbocycles. The van der Waals surface area contributed by atoms with Crippen molar-refractivity contribution in [2.45, 2.75) is 39.3 Å². The fraction of sp³-hybridized carbons (Fsp3) is 0.529. The van der Waals surface area contributed by atoms with Crippen LogP contribution in [0, 0.1) is 12.8 Å². The Hall–Kier alpha value is -2.04. The summed E-state index contributed by atoms with van der Waals surface area (Å²) in [4.78, 5) is 25.1. The van der Waals surface area contributed by atoms with Crippen LogP contribution in [-0.4, -0.2) is 36.0 Å². The van der Waals surface area contributed by atoms with E-state index >= 15 is 0 Å². The Balaban J connectivity index is 1.61. The molecule has 0 unspecified atom stereocenters. The van der Waals surface area contributed by atoms with Crippen molar-refractivity contribution in [1.82, 2.24) is 15.5 Å². The molecule has 1 aromatic rings. The first-order valence-electron chi connectivity index (χ1n) is 7.86. The molecule has 1 saturated heterocycles. The van der Waals surface area contributed by atoms with Crippen molar-refractivity contribution in [3.05, 3.63) is 34.9 Å². The van der Waals surface area contributed by atoms with E-state index in [4.69, 9.17) is 0 Å². The third kappa shape index (κ3) is 2.80. The van der Waals surface area contributed by atoms with E-state index in [-0.39, 0.29) is 24.0 Å². The molecule has 5 heteroatoms. The first-order chi connectivity index (χ1) is 10.4. The second-order valence-corrected chi connectivity index (χ2v) is 6.61. The van der Waals surface area contributed by atoms with Crippen molar-refractivity contribution >= 4 is 11.9 Å². The number of nitrogens with zero attached hydrogens (tertiary/aromatic N) is 1. The normalized spacial score (nSPS) is 23.7. The van der Waals surface area contributed by atoms with Crippen LogP contribution in [0.4, 0.5) is 4.79 Å². The lowest BCUT2D eigenvalue weighted by Gasteiger charge is -2.40. The highest BCUT2D eigenvalue weighted by molar-refractivity contribution is 5.77. The number of aryl methyl sites for hydroxylation is 1. The molecule has 2 N–H and O–H groups in total. The van der Waals surface area contributed by atoms with Crippen molar-refractivity contribution in [3.8, 4) is 0 Å². The molecule has 0 bridgehead atoms. The summed E-state index contributed by atoms with van der Waals surface area (Å²) in [5.41, 5.74) is 3.81. The molecule has 118 valence electrons. The Kier molecular flexibility index (Phi) is 3.81. The molecule has 3 rings (SSSR count). The molecule has 0 aromatic heterocycles. The molecule has 1 aromatic carbocycles. The van der Waals surface area contributed by atoms with Crippen molar-refractivity contribution < 1.29 is 9.59 Å². The maximum Gasteiger partial charge on any atom is 0.318 e. The summed E-state index contributed by atoms with van der Waals surface area (Å²) in [5, 5.41) is 5.99. The quantitative estimate of drug-likeness (QED) is 0.874. The van der Waals surface area contributed by atoms with Gasteiger partial charge in [-0.05, 0) is 30.4 Å². The highest BCUT2D eigenvalue weighted by Gasteiger charge is 2.35. The standard InChI is InChI=1S/C17H23N3O2/c1-10-4-5-13-7-11(2)16(15(13)6-10)19-17(22)20-8-14(9-20)18-12(3)21/h4-6,11,14,16H,7-9H2,1-3H3,(H,18,21)(H,19,22)/t11-,16-/m0/s1. The van der Waals surface area contributed by atoms with E-state index in [2.05, 4.69) is 42.7 Å². The topological polar surface area (TPSA) is 61.4 Å². The Morgan fingerprint density at radius 2 is 1.95 bits per heavy atom. The zero-order valence-corrected chi connectivity index (χ0v) is 13.3. The van der Waals surface area contributed by atoms with Gasteiger partial charge < -0.3 is 15.5 Å². The highest BCUT2D eigenvalue weighted by atomic mass is 16.2. The first kappa shape index (κ1) is 14.9. The predicted octanol–water partition coefficient (Wildman–Crippen LogP) is 1.76. The van der Waals surface area contributed by atoms with Crippen molar-refractivity contribution in [2.75, 3.05) is 13.1 Å². The van der Waals surface area contributed by atoms with Crippen LogP contribution in [0.3, 0.4) is 0 Å². The number of carbonyl (C=O) groups excluding carboxylic acids is 2. The number of urea groups is 1.